The summed E-state index contributed by atoms with van der Waals surface area (Å²) in [5.74, 6) is -0.705. The topological polar surface area (TPSA) is 57.5 Å². The van der Waals surface area contributed by atoms with Crippen molar-refractivity contribution >= 4 is 5.97 Å². The number of allylic oxidation sites excluding steroid dienone is 3. The molecule has 1 unspecified atom stereocenters. The predicted molar refractivity (Wildman–Crippen MR) is 97.6 cm³/mol. The number of rotatable bonds is 16. The molecule has 0 aliphatic rings. The monoisotopic (exact) mass is 324 g/mol. The number of carboxylic acid groups (broad SMARTS) is 1. The van der Waals surface area contributed by atoms with Crippen LogP contribution >= 0.6 is 0 Å². The summed E-state index contributed by atoms with van der Waals surface area (Å²) in [6.45, 7) is 2.14. The number of unbranched alkanes of at least 4 members (excludes halogenated alkanes) is 8. The van der Waals surface area contributed by atoms with E-state index in [0.29, 0.717) is 0 Å². The molecule has 2 N–H and O–H groups in total. The van der Waals surface area contributed by atoms with E-state index in [9.17, 15) is 9.90 Å². The van der Waals surface area contributed by atoms with Gasteiger partial charge in [0.15, 0.2) is 0 Å². The Morgan fingerprint density at radius 1 is 0.870 bits per heavy atom. The first-order valence-corrected chi connectivity index (χ1v) is 9.38. The van der Waals surface area contributed by atoms with Gasteiger partial charge in [0, 0.05) is 6.42 Å². The van der Waals surface area contributed by atoms with E-state index >= 15 is 0 Å². The van der Waals surface area contributed by atoms with Crippen molar-refractivity contribution in [2.45, 2.75) is 96.5 Å². The minimum atomic E-state index is -0.705. The predicted octanol–water partition coefficient (Wildman–Crippen LogP) is 5.64. The lowest BCUT2D eigenvalue weighted by Gasteiger charge is -2.03. The Kier molecular flexibility index (Phi) is 16.4. The first kappa shape index (κ1) is 21.9. The van der Waals surface area contributed by atoms with Crippen LogP contribution in [0.15, 0.2) is 24.3 Å². The molecular formula is C20H36O3. The van der Waals surface area contributed by atoms with Crippen molar-refractivity contribution in [3.63, 3.8) is 0 Å². The van der Waals surface area contributed by atoms with E-state index in [1.807, 2.05) is 6.08 Å². The van der Waals surface area contributed by atoms with Crippen molar-refractivity contribution in [3.8, 4) is 0 Å². The fourth-order valence-electron chi connectivity index (χ4n) is 2.42. The Morgan fingerprint density at radius 2 is 1.43 bits per heavy atom. The second kappa shape index (κ2) is 17.3. The van der Waals surface area contributed by atoms with Crippen molar-refractivity contribution in [2.75, 3.05) is 0 Å². The maximum absolute atomic E-state index is 10.3. The van der Waals surface area contributed by atoms with Crippen LogP contribution in [-0.4, -0.2) is 22.3 Å². The molecule has 0 amide bonds. The average Bonchev–Trinajstić information content (AvgIpc) is 2.52. The molecule has 3 heteroatoms. The van der Waals surface area contributed by atoms with Crippen molar-refractivity contribution in [1.29, 1.82) is 0 Å². The highest BCUT2D eigenvalue weighted by atomic mass is 16.4. The molecule has 1 atom stereocenters. The summed E-state index contributed by atoms with van der Waals surface area (Å²) in [5, 5.41) is 18.2. The molecule has 0 saturated carbocycles. The van der Waals surface area contributed by atoms with Gasteiger partial charge in [-0.3, -0.25) is 4.79 Å². The molecule has 0 aromatic heterocycles. The van der Waals surface area contributed by atoms with Gasteiger partial charge in [0.1, 0.15) is 0 Å². The highest BCUT2D eigenvalue weighted by Gasteiger charge is 1.96. The van der Waals surface area contributed by atoms with E-state index in [4.69, 9.17) is 5.11 Å². The Morgan fingerprint density at radius 3 is 2.04 bits per heavy atom. The summed E-state index contributed by atoms with van der Waals surface area (Å²) in [6.07, 6.45) is 21.6. The average molecular weight is 325 g/mol. The van der Waals surface area contributed by atoms with Gasteiger partial charge in [0.05, 0.1) is 6.10 Å². The molecular weight excluding hydrogens is 288 g/mol. The zero-order chi connectivity index (χ0) is 17.2. The lowest BCUT2D eigenvalue weighted by molar-refractivity contribution is -0.137. The molecule has 0 fully saturated rings. The van der Waals surface area contributed by atoms with E-state index < -0.39 is 5.97 Å². The fraction of sp³-hybridized carbons (Fsp3) is 0.750. The largest absolute Gasteiger partial charge is 0.481 e. The van der Waals surface area contributed by atoms with Gasteiger partial charge in [-0.25, -0.2) is 0 Å². The van der Waals surface area contributed by atoms with Crippen LogP contribution in [0.3, 0.4) is 0 Å². The fourth-order valence-corrected chi connectivity index (χ4v) is 2.42. The minimum Gasteiger partial charge on any atom is -0.481 e. The molecule has 23 heavy (non-hydrogen) atoms. The smallest absolute Gasteiger partial charge is 0.303 e. The molecule has 0 spiro atoms. The van der Waals surface area contributed by atoms with Crippen LogP contribution < -0.4 is 0 Å². The highest BCUT2D eigenvalue weighted by Crippen LogP contribution is 2.09. The van der Waals surface area contributed by atoms with Gasteiger partial charge in [0.2, 0.25) is 0 Å². The molecule has 134 valence electrons. The second-order valence-electron chi connectivity index (χ2n) is 6.24. The second-order valence-corrected chi connectivity index (χ2v) is 6.24. The van der Waals surface area contributed by atoms with E-state index in [1.165, 1.54) is 32.1 Å². The first-order chi connectivity index (χ1) is 11.2. The number of hydrogen-bond acceptors (Lipinski definition) is 2. The minimum absolute atomic E-state index is 0.253. The summed E-state index contributed by atoms with van der Waals surface area (Å²) in [4.78, 5) is 10.3. The molecule has 0 radical (unpaired) electrons. The number of aliphatic hydroxyl groups is 1. The van der Waals surface area contributed by atoms with Crippen molar-refractivity contribution < 1.29 is 15.0 Å². The molecule has 0 saturated heterocycles. The van der Waals surface area contributed by atoms with Crippen molar-refractivity contribution in [3.05, 3.63) is 24.3 Å². The molecule has 0 aliphatic heterocycles. The van der Waals surface area contributed by atoms with Gasteiger partial charge in [-0.15, -0.1) is 0 Å². The van der Waals surface area contributed by atoms with Gasteiger partial charge in [0.25, 0.3) is 0 Å². The summed E-state index contributed by atoms with van der Waals surface area (Å²) < 4.78 is 0. The Hall–Kier alpha value is -1.09. The Bertz CT molecular complexity index is 321. The van der Waals surface area contributed by atoms with Crippen LogP contribution in [0.4, 0.5) is 0 Å². The van der Waals surface area contributed by atoms with Crippen molar-refractivity contribution in [2.24, 2.45) is 0 Å². The molecule has 0 aliphatic carbocycles. The van der Waals surface area contributed by atoms with E-state index in [-0.39, 0.29) is 12.5 Å². The lowest BCUT2D eigenvalue weighted by Crippen LogP contribution is -2.00. The van der Waals surface area contributed by atoms with Gasteiger partial charge in [-0.2, -0.15) is 0 Å². The molecule has 0 aromatic rings. The van der Waals surface area contributed by atoms with Gasteiger partial charge < -0.3 is 10.2 Å². The number of aliphatic carboxylic acids is 1. The summed E-state index contributed by atoms with van der Waals surface area (Å²) in [7, 11) is 0. The number of carboxylic acids is 1. The molecule has 3 nitrogen and oxygen atoms in total. The normalized spacial score (nSPS) is 13.1. The van der Waals surface area contributed by atoms with Crippen LogP contribution in [0.2, 0.25) is 0 Å². The zero-order valence-electron chi connectivity index (χ0n) is 14.9. The van der Waals surface area contributed by atoms with Crippen LogP contribution in [0.25, 0.3) is 0 Å². The van der Waals surface area contributed by atoms with Crippen LogP contribution in [0, 0.1) is 0 Å². The quantitative estimate of drug-likeness (QED) is 0.285. The lowest BCUT2D eigenvalue weighted by atomic mass is 10.1. The van der Waals surface area contributed by atoms with Gasteiger partial charge in [-0.1, -0.05) is 63.3 Å². The molecule has 0 aromatic carbocycles. The maximum atomic E-state index is 10.3. The zero-order valence-corrected chi connectivity index (χ0v) is 14.9. The number of hydrogen-bond donors (Lipinski definition) is 2. The third-order valence-corrected chi connectivity index (χ3v) is 3.88. The van der Waals surface area contributed by atoms with E-state index in [0.717, 1.165) is 44.9 Å². The van der Waals surface area contributed by atoms with Crippen molar-refractivity contribution in [1.82, 2.24) is 0 Å². The van der Waals surface area contributed by atoms with Crippen LogP contribution in [-0.2, 0) is 4.79 Å². The van der Waals surface area contributed by atoms with Gasteiger partial charge in [-0.05, 0) is 44.9 Å². The summed E-state index contributed by atoms with van der Waals surface area (Å²) >= 11 is 0. The standard InChI is InChI=1S/C20H36O3/c1-2-3-16-19(21)17-14-12-10-8-6-4-5-7-9-11-13-15-18-20(22)23/h9,11,14,17,19,21H,2-8,10,12-13,15-16,18H2,1H3,(H,22,23)/b11-9-,17-14-. The van der Waals surface area contributed by atoms with E-state index in [2.05, 4.69) is 25.2 Å². The first-order valence-electron chi connectivity index (χ1n) is 9.38. The summed E-state index contributed by atoms with van der Waals surface area (Å²) in [5.41, 5.74) is 0. The Balaban J connectivity index is 3.25. The number of aliphatic hydroxyl groups excluding tert-OH is 1. The van der Waals surface area contributed by atoms with Crippen LogP contribution in [0.5, 0.6) is 0 Å². The van der Waals surface area contributed by atoms with E-state index in [1.54, 1.807) is 0 Å². The molecule has 0 heterocycles. The number of carbonyl (C=O) groups is 1. The third kappa shape index (κ3) is 18.9. The third-order valence-electron chi connectivity index (χ3n) is 3.88. The Labute approximate surface area is 142 Å². The summed E-state index contributed by atoms with van der Waals surface area (Å²) in [6, 6.07) is 0. The molecule has 0 bridgehead atoms. The van der Waals surface area contributed by atoms with Gasteiger partial charge >= 0.3 is 5.97 Å². The maximum Gasteiger partial charge on any atom is 0.303 e. The SMILES string of the molecule is CCCCC(O)/C=C\CCCCCCC/C=C\CCCC(=O)O. The molecule has 0 rings (SSSR count). The highest BCUT2D eigenvalue weighted by molar-refractivity contribution is 5.66. The van der Waals surface area contributed by atoms with Crippen LogP contribution in [0.1, 0.15) is 90.4 Å².